The molecule has 0 saturated carbocycles. The molecule has 0 aliphatic heterocycles. The molecule has 0 unspecified atom stereocenters. The van der Waals surface area contributed by atoms with Gasteiger partial charge in [0.05, 0.1) is 11.2 Å². The standard InChI is InChI=1S/C17H14F2N2O3S/c1-11-9-12-5-4-8-15(16(12)20-10-11)25(22,23)21-13-6-2-3-7-14(13)24-17(18)19/h2-10,17,21H,1H3. The number of hydrogen-bond acceptors (Lipinski definition) is 4. The topological polar surface area (TPSA) is 68.3 Å². The molecule has 0 saturated heterocycles. The fraction of sp³-hybridized carbons (Fsp3) is 0.118. The highest BCUT2D eigenvalue weighted by atomic mass is 32.2. The van der Waals surface area contributed by atoms with Gasteiger partial charge in [0, 0.05) is 11.6 Å². The zero-order valence-electron chi connectivity index (χ0n) is 13.1. The second kappa shape index (κ2) is 6.64. The maximum atomic E-state index is 12.7. The highest BCUT2D eigenvalue weighted by Crippen LogP contribution is 2.29. The van der Waals surface area contributed by atoms with Gasteiger partial charge in [0.2, 0.25) is 0 Å². The molecule has 0 atom stereocenters. The van der Waals surface area contributed by atoms with Gasteiger partial charge in [-0.3, -0.25) is 9.71 Å². The van der Waals surface area contributed by atoms with E-state index in [9.17, 15) is 17.2 Å². The molecular formula is C17H14F2N2O3S. The first-order chi connectivity index (χ1) is 11.9. The summed E-state index contributed by atoms with van der Waals surface area (Å²) in [6, 6.07) is 12.2. The second-order valence-corrected chi connectivity index (χ2v) is 6.97. The lowest BCUT2D eigenvalue weighted by atomic mass is 10.2. The molecule has 0 spiro atoms. The predicted molar refractivity (Wildman–Crippen MR) is 90.4 cm³/mol. The molecule has 0 aliphatic rings. The third-order valence-corrected chi connectivity index (χ3v) is 4.84. The van der Waals surface area contributed by atoms with Crippen molar-refractivity contribution in [1.82, 2.24) is 4.98 Å². The van der Waals surface area contributed by atoms with Gasteiger partial charge in [-0.15, -0.1) is 0 Å². The van der Waals surface area contributed by atoms with Crippen molar-refractivity contribution >= 4 is 26.6 Å². The number of rotatable bonds is 5. The van der Waals surface area contributed by atoms with Gasteiger partial charge >= 0.3 is 6.61 Å². The molecule has 3 aromatic rings. The third kappa shape index (κ3) is 3.69. The van der Waals surface area contributed by atoms with Crippen molar-refractivity contribution < 1.29 is 21.9 Å². The third-order valence-electron chi connectivity index (χ3n) is 3.45. The van der Waals surface area contributed by atoms with Crippen LogP contribution in [0.1, 0.15) is 5.56 Å². The highest BCUT2D eigenvalue weighted by molar-refractivity contribution is 7.93. The number of benzene rings is 2. The van der Waals surface area contributed by atoms with Crippen molar-refractivity contribution in [2.45, 2.75) is 18.4 Å². The number of para-hydroxylation sites is 3. The summed E-state index contributed by atoms with van der Waals surface area (Å²) in [6.45, 7) is -1.21. The molecule has 5 nitrogen and oxygen atoms in total. The number of aryl methyl sites for hydroxylation is 1. The van der Waals surface area contributed by atoms with Gasteiger partial charge in [0.1, 0.15) is 10.6 Å². The molecule has 0 amide bonds. The fourth-order valence-electron chi connectivity index (χ4n) is 2.41. The van der Waals surface area contributed by atoms with Gasteiger partial charge in [-0.25, -0.2) is 8.42 Å². The first-order valence-electron chi connectivity index (χ1n) is 7.29. The van der Waals surface area contributed by atoms with Gasteiger partial charge < -0.3 is 4.74 Å². The van der Waals surface area contributed by atoms with Crippen LogP contribution in [-0.4, -0.2) is 20.0 Å². The predicted octanol–water partition coefficient (Wildman–Crippen LogP) is 3.95. The molecule has 130 valence electrons. The number of sulfonamides is 1. The van der Waals surface area contributed by atoms with Crippen LogP contribution < -0.4 is 9.46 Å². The lowest BCUT2D eigenvalue weighted by molar-refractivity contribution is -0.0493. The maximum absolute atomic E-state index is 12.7. The smallest absolute Gasteiger partial charge is 0.387 e. The van der Waals surface area contributed by atoms with Crippen LogP contribution in [0.5, 0.6) is 5.75 Å². The van der Waals surface area contributed by atoms with Crippen molar-refractivity contribution in [3.05, 3.63) is 60.3 Å². The van der Waals surface area contributed by atoms with Crippen molar-refractivity contribution in [2.24, 2.45) is 0 Å². The summed E-state index contributed by atoms with van der Waals surface area (Å²) in [5.41, 5.74) is 1.12. The van der Waals surface area contributed by atoms with E-state index in [-0.39, 0.29) is 16.3 Å². The van der Waals surface area contributed by atoms with E-state index in [0.29, 0.717) is 10.9 Å². The molecule has 8 heteroatoms. The van der Waals surface area contributed by atoms with Crippen LogP contribution in [0, 0.1) is 6.92 Å². The minimum absolute atomic E-state index is 0.0446. The minimum Gasteiger partial charge on any atom is -0.433 e. The lowest BCUT2D eigenvalue weighted by Gasteiger charge is -2.14. The van der Waals surface area contributed by atoms with Gasteiger partial charge in [-0.05, 0) is 36.8 Å². The van der Waals surface area contributed by atoms with Crippen molar-refractivity contribution in [3.8, 4) is 5.75 Å². The Bertz CT molecular complexity index is 1020. The molecule has 2 aromatic carbocycles. The molecule has 0 aliphatic carbocycles. The lowest BCUT2D eigenvalue weighted by Crippen LogP contribution is -2.15. The van der Waals surface area contributed by atoms with E-state index >= 15 is 0 Å². The van der Waals surface area contributed by atoms with E-state index in [1.807, 2.05) is 13.0 Å². The Balaban J connectivity index is 2.04. The highest BCUT2D eigenvalue weighted by Gasteiger charge is 2.21. The number of hydrogen-bond donors (Lipinski definition) is 1. The number of anilines is 1. The van der Waals surface area contributed by atoms with Crippen LogP contribution in [0.4, 0.5) is 14.5 Å². The van der Waals surface area contributed by atoms with Gasteiger partial charge in [0.15, 0.2) is 0 Å². The van der Waals surface area contributed by atoms with Crippen molar-refractivity contribution in [2.75, 3.05) is 4.72 Å². The summed E-state index contributed by atoms with van der Waals surface area (Å²) in [7, 11) is -4.05. The number of nitrogens with zero attached hydrogens (tertiary/aromatic N) is 1. The Morgan fingerprint density at radius 3 is 2.64 bits per heavy atom. The summed E-state index contributed by atoms with van der Waals surface area (Å²) in [4.78, 5) is 4.14. The monoisotopic (exact) mass is 364 g/mol. The van der Waals surface area contributed by atoms with Crippen LogP contribution in [0.15, 0.2) is 59.6 Å². The van der Waals surface area contributed by atoms with Crippen LogP contribution in [-0.2, 0) is 10.0 Å². The fourth-order valence-corrected chi connectivity index (χ4v) is 3.66. The molecule has 1 heterocycles. The van der Waals surface area contributed by atoms with Crippen LogP contribution >= 0.6 is 0 Å². The number of alkyl halides is 2. The summed E-state index contributed by atoms with van der Waals surface area (Å²) < 4.78 is 57.1. The molecule has 3 rings (SSSR count). The van der Waals surface area contributed by atoms with Crippen LogP contribution in [0.3, 0.4) is 0 Å². The Hall–Kier alpha value is -2.74. The molecular weight excluding hydrogens is 350 g/mol. The Morgan fingerprint density at radius 2 is 1.88 bits per heavy atom. The van der Waals surface area contributed by atoms with E-state index in [0.717, 1.165) is 5.56 Å². The summed E-state index contributed by atoms with van der Waals surface area (Å²) in [5.74, 6) is -0.259. The first kappa shape index (κ1) is 17.1. The van der Waals surface area contributed by atoms with E-state index < -0.39 is 16.6 Å². The zero-order chi connectivity index (χ0) is 18.0. The number of fused-ring (bicyclic) bond motifs is 1. The molecule has 0 bridgehead atoms. The number of halogens is 2. The first-order valence-corrected chi connectivity index (χ1v) is 8.77. The number of pyridine rings is 1. The SMILES string of the molecule is Cc1cnc2c(S(=O)(=O)Nc3ccccc3OC(F)F)cccc2c1. The summed E-state index contributed by atoms with van der Waals surface area (Å²) in [5, 5.41) is 0.667. The minimum atomic E-state index is -4.05. The van der Waals surface area contributed by atoms with Crippen LogP contribution in [0.2, 0.25) is 0 Å². The van der Waals surface area contributed by atoms with E-state index in [4.69, 9.17) is 0 Å². The van der Waals surface area contributed by atoms with E-state index in [2.05, 4.69) is 14.4 Å². The average Bonchev–Trinajstić information content (AvgIpc) is 2.55. The van der Waals surface area contributed by atoms with Crippen molar-refractivity contribution in [1.29, 1.82) is 0 Å². The summed E-state index contributed by atoms with van der Waals surface area (Å²) >= 11 is 0. The van der Waals surface area contributed by atoms with E-state index in [1.165, 1.54) is 30.3 Å². The van der Waals surface area contributed by atoms with Crippen molar-refractivity contribution in [3.63, 3.8) is 0 Å². The average molecular weight is 364 g/mol. The van der Waals surface area contributed by atoms with Gasteiger partial charge in [-0.2, -0.15) is 8.78 Å². The largest absolute Gasteiger partial charge is 0.433 e. The Morgan fingerprint density at radius 1 is 1.12 bits per heavy atom. The number of nitrogens with one attached hydrogen (secondary N) is 1. The number of aromatic nitrogens is 1. The zero-order valence-corrected chi connectivity index (χ0v) is 13.9. The Labute approximate surface area is 143 Å². The summed E-state index contributed by atoms with van der Waals surface area (Å²) in [6.07, 6.45) is 1.56. The molecule has 0 fully saturated rings. The van der Waals surface area contributed by atoms with E-state index in [1.54, 1.807) is 18.3 Å². The molecule has 0 radical (unpaired) electrons. The molecule has 1 N–H and O–H groups in total. The molecule has 25 heavy (non-hydrogen) atoms. The quantitative estimate of drug-likeness (QED) is 0.744. The normalized spacial score (nSPS) is 11.7. The van der Waals surface area contributed by atoms with Gasteiger partial charge in [-0.1, -0.05) is 24.3 Å². The number of ether oxygens (including phenoxy) is 1. The van der Waals surface area contributed by atoms with Crippen LogP contribution in [0.25, 0.3) is 10.9 Å². The second-order valence-electron chi connectivity index (χ2n) is 5.32. The maximum Gasteiger partial charge on any atom is 0.387 e. The Kier molecular flexibility index (Phi) is 4.54. The molecule has 1 aromatic heterocycles. The van der Waals surface area contributed by atoms with Gasteiger partial charge in [0.25, 0.3) is 10.0 Å².